The zero-order chi connectivity index (χ0) is 31.7. The maximum atomic E-state index is 13.6. The minimum absolute atomic E-state index is 0.0387. The largest absolute Gasteiger partial charge is 0.495 e. The minimum atomic E-state index is -5.87. The molecule has 0 radical (unpaired) electrons. The average Bonchev–Trinajstić information content (AvgIpc) is 3.65. The maximum absolute atomic E-state index is 13.6. The van der Waals surface area contributed by atoms with Gasteiger partial charge in [-0.25, -0.2) is 0 Å². The SMILES string of the molecule is CO[Si](C)(O[Si](OC)(OC)C1CC2CC(CC(O)(C(F)(F)F)C(F)(F)F)C1C2)C1CC2CC(C(=O)OC(C)(C)C)C1C2. The molecule has 0 aromatic rings. The van der Waals surface area contributed by atoms with Crippen molar-refractivity contribution in [3.05, 3.63) is 0 Å². The van der Waals surface area contributed by atoms with Gasteiger partial charge < -0.3 is 27.2 Å². The molecule has 4 fully saturated rings. The van der Waals surface area contributed by atoms with E-state index >= 15 is 0 Å². The van der Waals surface area contributed by atoms with Crippen LogP contribution in [0.5, 0.6) is 0 Å². The molecular weight excluding hydrogens is 606 g/mol. The van der Waals surface area contributed by atoms with Gasteiger partial charge in [0.25, 0.3) is 5.60 Å². The second-order valence-corrected chi connectivity index (χ2v) is 20.7. The molecule has 0 saturated heterocycles. The molecule has 7 nitrogen and oxygen atoms in total. The van der Waals surface area contributed by atoms with E-state index in [0.717, 1.165) is 19.3 Å². The molecule has 15 heteroatoms. The van der Waals surface area contributed by atoms with Crippen LogP contribution < -0.4 is 0 Å². The Morgan fingerprint density at radius 1 is 0.786 bits per heavy atom. The van der Waals surface area contributed by atoms with Gasteiger partial charge in [0.05, 0.1) is 5.92 Å². The normalized spacial score (nSPS) is 35.1. The summed E-state index contributed by atoms with van der Waals surface area (Å²) >= 11 is 0. The summed E-state index contributed by atoms with van der Waals surface area (Å²) in [6.45, 7) is 7.32. The molecule has 0 spiro atoms. The van der Waals surface area contributed by atoms with Gasteiger partial charge in [-0.05, 0) is 102 Å². The Kier molecular flexibility index (Phi) is 9.16. The van der Waals surface area contributed by atoms with E-state index in [9.17, 15) is 36.2 Å². The molecule has 0 aliphatic heterocycles. The summed E-state index contributed by atoms with van der Waals surface area (Å²) in [5, 5.41) is 9.96. The van der Waals surface area contributed by atoms with Gasteiger partial charge >= 0.3 is 35.7 Å². The second kappa shape index (κ2) is 11.3. The summed E-state index contributed by atoms with van der Waals surface area (Å²) in [6, 6.07) is 0. The lowest BCUT2D eigenvalue weighted by atomic mass is 9.79. The van der Waals surface area contributed by atoms with Crippen molar-refractivity contribution in [1.29, 1.82) is 0 Å². The number of carbonyl (C=O) groups is 1. The molecule has 4 aliphatic carbocycles. The Hall–Kier alpha value is -0.716. The lowest BCUT2D eigenvalue weighted by Crippen LogP contribution is -2.62. The van der Waals surface area contributed by atoms with Crippen LogP contribution in [-0.4, -0.2) is 73.3 Å². The van der Waals surface area contributed by atoms with Gasteiger partial charge in [0.1, 0.15) is 5.60 Å². The van der Waals surface area contributed by atoms with Crippen LogP contribution in [-0.2, 0) is 26.9 Å². The third kappa shape index (κ3) is 5.96. The van der Waals surface area contributed by atoms with Crippen LogP contribution in [0.15, 0.2) is 0 Å². The molecule has 0 amide bonds. The fourth-order valence-electron chi connectivity index (χ4n) is 8.61. The lowest BCUT2D eigenvalue weighted by molar-refractivity contribution is -0.373. The Balaban J connectivity index is 1.58. The van der Waals surface area contributed by atoms with Gasteiger partial charge in [-0.3, -0.25) is 4.79 Å². The molecule has 0 aromatic heterocycles. The molecule has 9 unspecified atom stereocenters. The van der Waals surface area contributed by atoms with E-state index < -0.39 is 64.7 Å². The summed E-state index contributed by atoms with van der Waals surface area (Å²) in [7, 11) is -2.61. The molecular formula is C27H44F6O7Si2. The number of hydrogen-bond donors (Lipinski definition) is 1. The second-order valence-electron chi connectivity index (χ2n) is 14.0. The van der Waals surface area contributed by atoms with E-state index in [-0.39, 0.29) is 35.7 Å². The van der Waals surface area contributed by atoms with Crippen LogP contribution >= 0.6 is 0 Å². The Morgan fingerprint density at radius 3 is 1.76 bits per heavy atom. The zero-order valence-corrected chi connectivity index (χ0v) is 27.2. The predicted octanol–water partition coefficient (Wildman–Crippen LogP) is 6.37. The van der Waals surface area contributed by atoms with Gasteiger partial charge in [0.2, 0.25) is 0 Å². The van der Waals surface area contributed by atoms with Crippen molar-refractivity contribution in [1.82, 2.24) is 0 Å². The summed E-state index contributed by atoms with van der Waals surface area (Å²) in [5.41, 5.74) is -6.10. The van der Waals surface area contributed by atoms with Crippen molar-refractivity contribution in [2.45, 2.75) is 107 Å². The highest BCUT2D eigenvalue weighted by atomic mass is 28.5. The first kappa shape index (κ1) is 34.2. The van der Waals surface area contributed by atoms with Crippen molar-refractivity contribution in [3.63, 3.8) is 0 Å². The highest BCUT2D eigenvalue weighted by molar-refractivity contribution is 6.79. The smallest absolute Gasteiger partial charge is 0.460 e. The molecule has 9 atom stereocenters. The van der Waals surface area contributed by atoms with Crippen LogP contribution in [0.3, 0.4) is 0 Å². The van der Waals surface area contributed by atoms with Crippen LogP contribution in [0, 0.1) is 35.5 Å². The molecule has 0 heterocycles. The number of ether oxygens (including phenoxy) is 1. The van der Waals surface area contributed by atoms with Crippen LogP contribution in [0.2, 0.25) is 17.6 Å². The molecule has 4 aliphatic rings. The number of carbonyl (C=O) groups excluding carboxylic acids is 1. The predicted molar refractivity (Wildman–Crippen MR) is 143 cm³/mol. The standard InChI is InChI=1S/C27H44F6O7Si2/c1-24(2,3)39-23(34)20-11-16-10-19(20)21(12-16)41(7,36-4)40-42(37-5,38-6)22-13-15-8-17(18(22)9-15)14-25(35,26(28,29)30)27(31,32)33/h15-22,35H,8-14H2,1-7H3. The first-order chi connectivity index (χ1) is 19.1. The topological polar surface area (TPSA) is 83.5 Å². The van der Waals surface area contributed by atoms with E-state index in [1.54, 1.807) is 0 Å². The van der Waals surface area contributed by atoms with Crippen molar-refractivity contribution in [3.8, 4) is 0 Å². The molecule has 0 aromatic carbocycles. The monoisotopic (exact) mass is 650 g/mol. The number of fused-ring (bicyclic) bond motifs is 4. The van der Waals surface area contributed by atoms with E-state index in [2.05, 4.69) is 0 Å². The summed E-state index contributed by atoms with van der Waals surface area (Å²) < 4.78 is 112. The van der Waals surface area contributed by atoms with Gasteiger partial charge in [-0.15, -0.1) is 0 Å². The van der Waals surface area contributed by atoms with Gasteiger partial charge in [0, 0.05) is 32.4 Å². The molecule has 42 heavy (non-hydrogen) atoms. The van der Waals surface area contributed by atoms with Crippen LogP contribution in [0.25, 0.3) is 0 Å². The lowest BCUT2D eigenvalue weighted by Gasteiger charge is -2.47. The summed E-state index contributed by atoms with van der Waals surface area (Å²) in [6.07, 6.45) is -9.85. The number of aliphatic hydroxyl groups is 1. The van der Waals surface area contributed by atoms with Crippen molar-refractivity contribution in [2.75, 3.05) is 21.3 Å². The summed E-state index contributed by atoms with van der Waals surface area (Å²) in [4.78, 5) is 13.1. The number of hydrogen-bond acceptors (Lipinski definition) is 7. The molecule has 4 rings (SSSR count). The van der Waals surface area contributed by atoms with Crippen LogP contribution in [0.1, 0.15) is 65.7 Å². The highest BCUT2D eigenvalue weighted by Crippen LogP contribution is 2.64. The van der Waals surface area contributed by atoms with E-state index in [1.807, 2.05) is 27.3 Å². The number of rotatable bonds is 10. The van der Waals surface area contributed by atoms with Crippen LogP contribution in [0.4, 0.5) is 26.3 Å². The van der Waals surface area contributed by atoms with Gasteiger partial charge in [0.15, 0.2) is 0 Å². The quantitative estimate of drug-likeness (QED) is 0.167. The third-order valence-corrected chi connectivity index (χ3v) is 18.7. The first-order valence-corrected chi connectivity index (χ1v) is 18.8. The third-order valence-electron chi connectivity index (χ3n) is 10.4. The molecule has 1 N–H and O–H groups in total. The minimum Gasteiger partial charge on any atom is -0.460 e. The maximum Gasteiger partial charge on any atom is 0.495 e. The average molecular weight is 651 g/mol. The fourth-order valence-corrected chi connectivity index (χ4v) is 17.6. The highest BCUT2D eigenvalue weighted by Gasteiger charge is 2.73. The van der Waals surface area contributed by atoms with Crippen molar-refractivity contribution >= 4 is 23.3 Å². The number of halogens is 6. The molecule has 244 valence electrons. The van der Waals surface area contributed by atoms with Crippen molar-refractivity contribution in [2.24, 2.45) is 35.5 Å². The molecule has 4 saturated carbocycles. The molecule has 4 bridgehead atoms. The number of esters is 1. The van der Waals surface area contributed by atoms with E-state index in [4.69, 9.17) is 22.1 Å². The number of alkyl halides is 6. The zero-order valence-electron chi connectivity index (χ0n) is 25.2. The summed E-state index contributed by atoms with van der Waals surface area (Å²) in [5.74, 6) is -2.10. The van der Waals surface area contributed by atoms with Gasteiger partial charge in [-0.2, -0.15) is 26.3 Å². The Morgan fingerprint density at radius 2 is 1.31 bits per heavy atom. The van der Waals surface area contributed by atoms with E-state index in [1.165, 1.54) is 21.3 Å². The Bertz CT molecular complexity index is 987. The first-order valence-electron chi connectivity index (χ1n) is 14.6. The van der Waals surface area contributed by atoms with Gasteiger partial charge in [-0.1, -0.05) is 0 Å². The fraction of sp³-hybridized carbons (Fsp3) is 0.963. The van der Waals surface area contributed by atoms with E-state index in [0.29, 0.717) is 18.8 Å². The Labute approximate surface area is 245 Å². The van der Waals surface area contributed by atoms with Crippen molar-refractivity contribution < 1.29 is 58.4 Å².